The molecule has 0 aliphatic carbocycles. The molecule has 2 rings (SSSR count). The van der Waals surface area contributed by atoms with E-state index in [0.29, 0.717) is 12.6 Å². The van der Waals surface area contributed by atoms with Crippen LogP contribution in [-0.4, -0.2) is 29.5 Å². The predicted octanol–water partition coefficient (Wildman–Crippen LogP) is 2.38. The van der Waals surface area contributed by atoms with Crippen molar-refractivity contribution in [2.24, 2.45) is 0 Å². The maximum Gasteiger partial charge on any atom is 0.327 e. The Morgan fingerprint density at radius 1 is 1.39 bits per heavy atom. The first-order valence-electron chi connectivity index (χ1n) is 6.31. The van der Waals surface area contributed by atoms with E-state index >= 15 is 0 Å². The molecule has 1 aliphatic rings. The van der Waals surface area contributed by atoms with Gasteiger partial charge in [0.15, 0.2) is 0 Å². The van der Waals surface area contributed by atoms with Crippen molar-refractivity contribution in [2.45, 2.75) is 32.5 Å². The first-order chi connectivity index (χ1) is 8.68. The summed E-state index contributed by atoms with van der Waals surface area (Å²) in [7, 11) is 0. The number of rotatable bonds is 4. The zero-order valence-electron chi connectivity index (χ0n) is 10.9. The first kappa shape index (κ1) is 12.8. The lowest BCUT2D eigenvalue weighted by Gasteiger charge is -2.26. The molecule has 0 saturated heterocycles. The van der Waals surface area contributed by atoms with E-state index < -0.39 is 0 Å². The summed E-state index contributed by atoms with van der Waals surface area (Å²) in [6, 6.07) is 9.86. The van der Waals surface area contributed by atoms with Crippen molar-refractivity contribution < 1.29 is 9.53 Å². The fourth-order valence-electron chi connectivity index (χ4n) is 2.10. The lowest BCUT2D eigenvalue weighted by atomic mass is 10.2. The van der Waals surface area contributed by atoms with Gasteiger partial charge in [0.2, 0.25) is 0 Å². The van der Waals surface area contributed by atoms with Crippen LogP contribution >= 0.6 is 0 Å². The van der Waals surface area contributed by atoms with Gasteiger partial charge in [-0.25, -0.2) is 4.79 Å². The van der Waals surface area contributed by atoms with Crippen LogP contribution in [0.1, 0.15) is 19.4 Å². The van der Waals surface area contributed by atoms with E-state index in [-0.39, 0.29) is 12.0 Å². The Morgan fingerprint density at radius 2 is 2.11 bits per heavy atom. The molecule has 0 radical (unpaired) electrons. The molecular weight excluding hydrogens is 226 g/mol. The van der Waals surface area contributed by atoms with Crippen LogP contribution in [0.15, 0.2) is 42.5 Å². The summed E-state index contributed by atoms with van der Waals surface area (Å²) >= 11 is 0. The molecule has 1 aliphatic heterocycles. The third kappa shape index (κ3) is 2.99. The molecule has 1 atom stereocenters. The zero-order valence-corrected chi connectivity index (χ0v) is 10.9. The smallest absolute Gasteiger partial charge is 0.327 e. The topological polar surface area (TPSA) is 29.5 Å². The number of hydrogen-bond donors (Lipinski definition) is 0. The van der Waals surface area contributed by atoms with Gasteiger partial charge in [-0.15, -0.1) is 0 Å². The summed E-state index contributed by atoms with van der Waals surface area (Å²) in [5, 5.41) is 0. The molecule has 0 N–H and O–H groups in total. The van der Waals surface area contributed by atoms with Crippen molar-refractivity contribution in [1.29, 1.82) is 0 Å². The predicted molar refractivity (Wildman–Crippen MR) is 71.0 cm³/mol. The van der Waals surface area contributed by atoms with Crippen molar-refractivity contribution >= 4 is 5.97 Å². The third-order valence-electron chi connectivity index (χ3n) is 3.12. The van der Waals surface area contributed by atoms with Gasteiger partial charge in [-0.3, -0.25) is 4.90 Å². The molecule has 3 heteroatoms. The van der Waals surface area contributed by atoms with E-state index in [1.807, 2.05) is 42.5 Å². The highest BCUT2D eigenvalue weighted by Gasteiger charge is 2.29. The molecule has 0 bridgehead atoms. The Labute approximate surface area is 108 Å². The van der Waals surface area contributed by atoms with Gasteiger partial charge in [0.1, 0.15) is 12.6 Å². The van der Waals surface area contributed by atoms with Gasteiger partial charge in [0.25, 0.3) is 0 Å². The van der Waals surface area contributed by atoms with Gasteiger partial charge in [-0.05, 0) is 19.4 Å². The molecule has 3 nitrogen and oxygen atoms in total. The van der Waals surface area contributed by atoms with Gasteiger partial charge < -0.3 is 4.74 Å². The van der Waals surface area contributed by atoms with Gasteiger partial charge in [-0.1, -0.05) is 42.5 Å². The number of hydrogen-bond acceptors (Lipinski definition) is 3. The van der Waals surface area contributed by atoms with Crippen LogP contribution in [-0.2, 0) is 16.1 Å². The second-order valence-corrected chi connectivity index (χ2v) is 4.76. The molecule has 0 fully saturated rings. The van der Waals surface area contributed by atoms with Gasteiger partial charge in [-0.2, -0.15) is 0 Å². The van der Waals surface area contributed by atoms with Crippen molar-refractivity contribution in [3.63, 3.8) is 0 Å². The van der Waals surface area contributed by atoms with E-state index in [4.69, 9.17) is 4.74 Å². The van der Waals surface area contributed by atoms with Crippen LogP contribution in [0, 0.1) is 0 Å². The van der Waals surface area contributed by atoms with Crippen LogP contribution in [0.5, 0.6) is 0 Å². The average molecular weight is 245 g/mol. The number of ether oxygens (including phenoxy) is 1. The minimum Gasteiger partial charge on any atom is -0.459 e. The highest BCUT2D eigenvalue weighted by Crippen LogP contribution is 2.15. The summed E-state index contributed by atoms with van der Waals surface area (Å²) < 4.78 is 5.36. The van der Waals surface area contributed by atoms with E-state index in [9.17, 15) is 4.79 Å². The molecule has 96 valence electrons. The van der Waals surface area contributed by atoms with Gasteiger partial charge >= 0.3 is 5.97 Å². The number of nitrogens with zero attached hydrogens (tertiary/aromatic N) is 1. The SMILES string of the molecule is CC(C)N1CC=CC1C(=O)OCc1ccccc1. The molecule has 1 unspecified atom stereocenters. The van der Waals surface area contributed by atoms with Crippen LogP contribution < -0.4 is 0 Å². The Balaban J connectivity index is 1.90. The summed E-state index contributed by atoms with van der Waals surface area (Å²) in [5.41, 5.74) is 1.02. The lowest BCUT2D eigenvalue weighted by molar-refractivity contribution is -0.149. The number of benzene rings is 1. The highest BCUT2D eigenvalue weighted by atomic mass is 16.5. The molecule has 0 saturated carbocycles. The Hall–Kier alpha value is -1.61. The van der Waals surface area contributed by atoms with Crippen molar-refractivity contribution in [2.75, 3.05) is 6.54 Å². The summed E-state index contributed by atoms with van der Waals surface area (Å²) in [6.45, 7) is 5.34. The molecule has 1 aromatic rings. The van der Waals surface area contributed by atoms with E-state index in [1.165, 1.54) is 0 Å². The standard InChI is InChI=1S/C15H19NO2/c1-12(2)16-10-6-9-14(16)15(17)18-11-13-7-4-3-5-8-13/h3-9,12,14H,10-11H2,1-2H3. The third-order valence-corrected chi connectivity index (χ3v) is 3.12. The quantitative estimate of drug-likeness (QED) is 0.602. The Morgan fingerprint density at radius 3 is 2.78 bits per heavy atom. The van der Waals surface area contributed by atoms with Crippen molar-refractivity contribution in [1.82, 2.24) is 4.90 Å². The molecule has 0 amide bonds. The minimum absolute atomic E-state index is 0.165. The van der Waals surface area contributed by atoms with Gasteiger partial charge in [0.05, 0.1) is 0 Å². The average Bonchev–Trinajstić information content (AvgIpc) is 2.86. The van der Waals surface area contributed by atoms with E-state index in [2.05, 4.69) is 18.7 Å². The monoisotopic (exact) mass is 245 g/mol. The summed E-state index contributed by atoms with van der Waals surface area (Å²) in [6.07, 6.45) is 3.95. The van der Waals surface area contributed by atoms with Crippen LogP contribution in [0.3, 0.4) is 0 Å². The number of carbonyl (C=O) groups is 1. The number of carbonyl (C=O) groups excluding carboxylic acids is 1. The Bertz CT molecular complexity index is 425. The van der Waals surface area contributed by atoms with E-state index in [0.717, 1.165) is 12.1 Å². The zero-order chi connectivity index (χ0) is 13.0. The molecule has 18 heavy (non-hydrogen) atoms. The van der Waals surface area contributed by atoms with Crippen LogP contribution in [0.4, 0.5) is 0 Å². The second-order valence-electron chi connectivity index (χ2n) is 4.76. The maximum absolute atomic E-state index is 12.0. The Kier molecular flexibility index (Phi) is 4.15. The van der Waals surface area contributed by atoms with Crippen LogP contribution in [0.25, 0.3) is 0 Å². The molecular formula is C15H19NO2. The summed E-state index contributed by atoms with van der Waals surface area (Å²) in [5.74, 6) is -0.165. The maximum atomic E-state index is 12.0. The minimum atomic E-state index is -0.228. The molecule has 0 spiro atoms. The van der Waals surface area contributed by atoms with Crippen molar-refractivity contribution in [3.8, 4) is 0 Å². The van der Waals surface area contributed by atoms with E-state index in [1.54, 1.807) is 0 Å². The highest BCUT2D eigenvalue weighted by molar-refractivity contribution is 5.78. The number of esters is 1. The van der Waals surface area contributed by atoms with Crippen molar-refractivity contribution in [3.05, 3.63) is 48.0 Å². The largest absolute Gasteiger partial charge is 0.459 e. The summed E-state index contributed by atoms with van der Waals surface area (Å²) in [4.78, 5) is 14.1. The normalized spacial score (nSPS) is 19.4. The fraction of sp³-hybridized carbons (Fsp3) is 0.400. The molecule has 1 aromatic carbocycles. The second kappa shape index (κ2) is 5.83. The van der Waals surface area contributed by atoms with Gasteiger partial charge in [0, 0.05) is 12.6 Å². The molecule has 0 aromatic heterocycles. The lowest BCUT2D eigenvalue weighted by Crippen LogP contribution is -2.41. The first-order valence-corrected chi connectivity index (χ1v) is 6.31. The fourth-order valence-corrected chi connectivity index (χ4v) is 2.10. The molecule has 1 heterocycles. The van der Waals surface area contributed by atoms with Crippen LogP contribution in [0.2, 0.25) is 0 Å².